The van der Waals surface area contributed by atoms with E-state index in [0.717, 1.165) is 36.3 Å². The molecule has 1 atom stereocenters. The van der Waals surface area contributed by atoms with Crippen molar-refractivity contribution in [1.29, 1.82) is 0 Å². The Hall–Kier alpha value is -2.16. The summed E-state index contributed by atoms with van der Waals surface area (Å²) in [7, 11) is 1.68. The normalized spacial score (nSPS) is 21.9. The highest BCUT2D eigenvalue weighted by molar-refractivity contribution is 7.98. The number of nitrogens with zero attached hydrogens (tertiary/aromatic N) is 1. The molecule has 9 heteroatoms. The number of halogens is 1. The molecule has 7 nitrogen and oxygen atoms in total. The molecule has 0 bridgehead atoms. The summed E-state index contributed by atoms with van der Waals surface area (Å²) in [5.41, 5.74) is 8.36. The lowest BCUT2D eigenvalue weighted by atomic mass is 9.83. The van der Waals surface area contributed by atoms with Crippen molar-refractivity contribution in [2.24, 2.45) is 11.7 Å². The zero-order valence-corrected chi connectivity index (χ0v) is 21.6. The first-order valence-corrected chi connectivity index (χ1v) is 13.2. The minimum Gasteiger partial charge on any atom is -0.484 e. The zero-order chi connectivity index (χ0) is 24.6. The first kappa shape index (κ1) is 24.9. The summed E-state index contributed by atoms with van der Waals surface area (Å²) >= 11 is 8.01. The number of nitrogens with one attached hydrogen (secondary N) is 1. The molecule has 2 heterocycles. The number of aromatic amines is 1. The van der Waals surface area contributed by atoms with Crippen LogP contribution in [0.25, 0.3) is 0 Å². The Morgan fingerprint density at radius 2 is 1.94 bits per heavy atom. The Labute approximate surface area is 209 Å². The monoisotopic (exact) mass is 505 g/mol. The molecule has 1 aliphatic carbocycles. The van der Waals surface area contributed by atoms with E-state index in [0.29, 0.717) is 45.7 Å². The summed E-state index contributed by atoms with van der Waals surface area (Å²) in [6.07, 6.45) is 5.80. The van der Waals surface area contributed by atoms with Crippen LogP contribution in [0.1, 0.15) is 52.9 Å². The molecule has 0 unspecified atom stereocenters. The number of aryl methyl sites for hydroxylation is 1. The van der Waals surface area contributed by atoms with Gasteiger partial charge in [0.25, 0.3) is 11.5 Å². The Kier molecular flexibility index (Phi) is 7.50. The van der Waals surface area contributed by atoms with Crippen molar-refractivity contribution in [3.05, 3.63) is 49.9 Å². The maximum Gasteiger partial charge on any atom is 0.254 e. The van der Waals surface area contributed by atoms with Crippen LogP contribution in [-0.2, 0) is 6.54 Å². The summed E-state index contributed by atoms with van der Waals surface area (Å²) in [5.74, 6) is 1.16. The van der Waals surface area contributed by atoms with Gasteiger partial charge in [-0.25, -0.2) is 0 Å². The van der Waals surface area contributed by atoms with Gasteiger partial charge in [-0.1, -0.05) is 11.6 Å². The molecule has 184 valence electrons. The molecule has 4 rings (SSSR count). The fourth-order valence-electron chi connectivity index (χ4n) is 4.83. The van der Waals surface area contributed by atoms with Gasteiger partial charge in [0.15, 0.2) is 11.5 Å². The quantitative estimate of drug-likeness (QED) is 0.588. The fraction of sp³-hybridized carbons (Fsp3) is 0.520. The van der Waals surface area contributed by atoms with Gasteiger partial charge in [0.2, 0.25) is 0 Å². The van der Waals surface area contributed by atoms with Crippen LogP contribution in [0, 0.1) is 19.8 Å². The van der Waals surface area contributed by atoms with E-state index in [1.54, 1.807) is 13.1 Å². The Morgan fingerprint density at radius 1 is 1.24 bits per heavy atom. The number of ether oxygens (including phenoxy) is 2. The highest BCUT2D eigenvalue weighted by Gasteiger charge is 2.34. The number of aromatic nitrogens is 1. The van der Waals surface area contributed by atoms with Crippen LogP contribution in [0.3, 0.4) is 0 Å². The predicted octanol–water partition coefficient (Wildman–Crippen LogP) is 4.30. The van der Waals surface area contributed by atoms with Gasteiger partial charge in [-0.05, 0) is 63.8 Å². The second-order valence-electron chi connectivity index (χ2n) is 9.32. The third kappa shape index (κ3) is 4.95. The molecule has 1 aliphatic heterocycles. The summed E-state index contributed by atoms with van der Waals surface area (Å²) < 4.78 is 12.4. The van der Waals surface area contributed by atoms with Crippen molar-refractivity contribution >= 4 is 29.3 Å². The number of carbonyl (C=O) groups excluding carboxylic acids is 1. The molecule has 3 N–H and O–H groups in total. The van der Waals surface area contributed by atoms with Gasteiger partial charge in [0.05, 0.1) is 17.1 Å². The van der Waals surface area contributed by atoms with E-state index < -0.39 is 0 Å². The van der Waals surface area contributed by atoms with E-state index in [1.807, 2.05) is 26.2 Å². The van der Waals surface area contributed by atoms with Crippen molar-refractivity contribution in [2.45, 2.75) is 63.1 Å². The van der Waals surface area contributed by atoms with Crippen molar-refractivity contribution in [2.75, 3.05) is 19.9 Å². The number of thioether (sulfide) groups is 1. The van der Waals surface area contributed by atoms with Gasteiger partial charge < -0.3 is 25.1 Å². The lowest BCUT2D eigenvalue weighted by molar-refractivity contribution is 0.0314. The van der Waals surface area contributed by atoms with Gasteiger partial charge in [-0.15, -0.1) is 11.8 Å². The summed E-state index contributed by atoms with van der Waals surface area (Å²) in [4.78, 5) is 31.2. The highest BCUT2D eigenvalue weighted by Crippen LogP contribution is 2.45. The van der Waals surface area contributed by atoms with E-state index >= 15 is 0 Å². The number of nitrogens with two attached hydrogens (primary N) is 1. The third-order valence-corrected chi connectivity index (χ3v) is 7.95. The van der Waals surface area contributed by atoms with Crippen LogP contribution < -0.4 is 20.8 Å². The minimum atomic E-state index is -0.233. The molecule has 0 spiro atoms. The molecule has 0 radical (unpaired) electrons. The van der Waals surface area contributed by atoms with E-state index in [-0.39, 0.29) is 30.2 Å². The van der Waals surface area contributed by atoms with Crippen molar-refractivity contribution < 1.29 is 14.3 Å². The first-order valence-electron chi connectivity index (χ1n) is 11.6. The van der Waals surface area contributed by atoms with Gasteiger partial charge in [-0.3, -0.25) is 9.59 Å². The van der Waals surface area contributed by atoms with Gasteiger partial charge in [0.1, 0.15) is 12.7 Å². The number of amides is 1. The number of benzene rings is 1. The maximum atomic E-state index is 13.4. The Balaban J connectivity index is 1.58. The molecule has 1 fully saturated rings. The van der Waals surface area contributed by atoms with E-state index in [9.17, 15) is 9.59 Å². The van der Waals surface area contributed by atoms with E-state index in [4.69, 9.17) is 26.8 Å². The SMILES string of the molecule is CSc1cc(C)[nH]c(=O)c1CN(C)C(=O)c1cc(Cl)c2c(c1C)O[C@@H](C1CCC(N)CC1)CO2. The molecule has 1 aromatic heterocycles. The Bertz CT molecular complexity index is 1140. The zero-order valence-electron chi connectivity index (χ0n) is 20.1. The number of hydrogen-bond donors (Lipinski definition) is 2. The van der Waals surface area contributed by atoms with Crippen molar-refractivity contribution in [3.63, 3.8) is 0 Å². The first-order chi connectivity index (χ1) is 16.2. The predicted molar refractivity (Wildman–Crippen MR) is 135 cm³/mol. The standard InChI is InChI=1S/C25H32ClN3O4S/c1-13-9-21(34-4)18(24(30)28-13)11-29(3)25(31)17-10-19(26)23-22(14(17)2)33-20(12-32-23)15-5-7-16(27)8-6-15/h9-10,15-16,20H,5-8,11-12,27H2,1-4H3,(H,28,30)/t15?,16?,20-/m1/s1. The molecule has 0 saturated heterocycles. The van der Waals surface area contributed by atoms with Crippen molar-refractivity contribution in [1.82, 2.24) is 9.88 Å². The average Bonchev–Trinajstić information content (AvgIpc) is 2.82. The molecule has 1 saturated carbocycles. The summed E-state index contributed by atoms with van der Waals surface area (Å²) in [6.45, 7) is 4.31. The smallest absolute Gasteiger partial charge is 0.254 e. The van der Waals surface area contributed by atoms with E-state index in [2.05, 4.69) is 4.98 Å². The lowest BCUT2D eigenvalue weighted by Crippen LogP contribution is -2.40. The maximum absolute atomic E-state index is 13.4. The topological polar surface area (TPSA) is 97.7 Å². The molecular formula is C25H32ClN3O4S. The second kappa shape index (κ2) is 10.2. The third-order valence-electron chi connectivity index (χ3n) is 6.86. The van der Waals surface area contributed by atoms with Crippen LogP contribution >= 0.6 is 23.4 Å². The number of fused-ring (bicyclic) bond motifs is 1. The highest BCUT2D eigenvalue weighted by atomic mass is 35.5. The number of hydrogen-bond acceptors (Lipinski definition) is 6. The number of rotatable bonds is 5. The van der Waals surface area contributed by atoms with Crippen LogP contribution in [0.4, 0.5) is 0 Å². The Morgan fingerprint density at radius 3 is 2.62 bits per heavy atom. The molecule has 34 heavy (non-hydrogen) atoms. The number of H-pyrrole nitrogens is 1. The molecule has 1 aromatic carbocycles. The molecular weight excluding hydrogens is 474 g/mol. The number of pyridine rings is 1. The molecule has 1 amide bonds. The van der Waals surface area contributed by atoms with Crippen molar-refractivity contribution in [3.8, 4) is 11.5 Å². The average molecular weight is 506 g/mol. The summed E-state index contributed by atoms with van der Waals surface area (Å²) in [6, 6.07) is 3.81. The fourth-order valence-corrected chi connectivity index (χ4v) is 5.78. The van der Waals surface area contributed by atoms with E-state index in [1.165, 1.54) is 16.7 Å². The molecule has 2 aliphatic rings. The van der Waals surface area contributed by atoms with Crippen LogP contribution in [0.2, 0.25) is 5.02 Å². The lowest BCUT2D eigenvalue weighted by Gasteiger charge is -2.36. The second-order valence-corrected chi connectivity index (χ2v) is 10.6. The van der Waals surface area contributed by atoms with Gasteiger partial charge in [0, 0.05) is 34.8 Å². The molecule has 2 aromatic rings. The van der Waals surface area contributed by atoms with Crippen LogP contribution in [-0.4, -0.2) is 47.8 Å². The largest absolute Gasteiger partial charge is 0.484 e. The van der Waals surface area contributed by atoms with Crippen LogP contribution in [0.15, 0.2) is 21.8 Å². The van der Waals surface area contributed by atoms with Gasteiger partial charge >= 0.3 is 0 Å². The summed E-state index contributed by atoms with van der Waals surface area (Å²) in [5, 5.41) is 0.347. The van der Waals surface area contributed by atoms with Crippen LogP contribution in [0.5, 0.6) is 11.5 Å². The minimum absolute atomic E-state index is 0.0897. The van der Waals surface area contributed by atoms with Gasteiger partial charge in [-0.2, -0.15) is 0 Å². The number of carbonyl (C=O) groups is 1.